The van der Waals surface area contributed by atoms with E-state index in [-0.39, 0.29) is 23.9 Å². The van der Waals surface area contributed by atoms with E-state index in [1.165, 1.54) is 31.2 Å². The Bertz CT molecular complexity index is 686. The third-order valence-electron chi connectivity index (χ3n) is 6.76. The van der Waals surface area contributed by atoms with Gasteiger partial charge >= 0.3 is 0 Å². The molecule has 2 amide bonds. The van der Waals surface area contributed by atoms with Gasteiger partial charge in [-0.1, -0.05) is 30.7 Å². The summed E-state index contributed by atoms with van der Waals surface area (Å²) in [7, 11) is 0. The van der Waals surface area contributed by atoms with Crippen molar-refractivity contribution in [3.63, 3.8) is 0 Å². The Morgan fingerprint density at radius 1 is 1.16 bits per heavy atom. The summed E-state index contributed by atoms with van der Waals surface area (Å²) in [5.41, 5.74) is 2.34. The number of fused-ring (bicyclic) bond motifs is 3. The summed E-state index contributed by atoms with van der Waals surface area (Å²) in [5.74, 6) is 2.27. The minimum Gasteiger partial charge on any atom is -0.352 e. The van der Waals surface area contributed by atoms with Crippen molar-refractivity contribution < 1.29 is 9.59 Å². The first-order valence-corrected chi connectivity index (χ1v) is 9.67. The number of carbonyl (C=O) groups excluding carboxylic acids is 2. The molecule has 0 aromatic heterocycles. The van der Waals surface area contributed by atoms with E-state index in [0.717, 1.165) is 17.4 Å². The molecule has 3 aliphatic rings. The second-order valence-corrected chi connectivity index (χ2v) is 8.27. The van der Waals surface area contributed by atoms with Gasteiger partial charge in [-0.3, -0.25) is 9.59 Å². The summed E-state index contributed by atoms with van der Waals surface area (Å²) in [5, 5.41) is 3.26. The molecule has 1 heterocycles. The van der Waals surface area contributed by atoms with Crippen LogP contribution in [0.5, 0.6) is 0 Å². The highest BCUT2D eigenvalue weighted by Gasteiger charge is 2.43. The van der Waals surface area contributed by atoms with Crippen LogP contribution in [0, 0.1) is 17.8 Å². The molecular weight excluding hydrogens is 312 g/mol. The van der Waals surface area contributed by atoms with Crippen LogP contribution in [0.2, 0.25) is 0 Å². The van der Waals surface area contributed by atoms with Gasteiger partial charge in [0.15, 0.2) is 0 Å². The molecule has 4 rings (SSSR count). The van der Waals surface area contributed by atoms with Gasteiger partial charge in [0.1, 0.15) is 6.04 Å². The number of nitrogens with one attached hydrogen (secondary N) is 1. The van der Waals surface area contributed by atoms with Crippen LogP contribution in [0.1, 0.15) is 50.7 Å². The fraction of sp³-hybridized carbons (Fsp3) is 0.619. The van der Waals surface area contributed by atoms with Crippen LogP contribution in [0.4, 0.5) is 0 Å². The molecule has 2 bridgehead atoms. The Hall–Kier alpha value is -1.84. The van der Waals surface area contributed by atoms with Crippen LogP contribution < -0.4 is 5.32 Å². The first kappa shape index (κ1) is 16.6. The van der Waals surface area contributed by atoms with Crippen molar-refractivity contribution in [3.05, 3.63) is 35.4 Å². The maximum Gasteiger partial charge on any atom is 0.243 e. The number of nitrogens with zero attached hydrogens (tertiary/aromatic N) is 1. The standard InChI is InChI=1S/C21H28N2O2/c1-13(19-10-15-7-8-17(19)9-15)22-21(25)20-11-16-5-3-4-6-18(16)12-23(20)14(2)24/h3-6,13,15,17,19-20H,7-12H2,1-2H3,(H,22,25)/t13-,15+,17+,19+,20-/m1/s1. The average Bonchev–Trinajstić information content (AvgIpc) is 3.23. The average molecular weight is 340 g/mol. The lowest BCUT2D eigenvalue weighted by Gasteiger charge is -2.37. The molecular formula is C21H28N2O2. The lowest BCUT2D eigenvalue weighted by molar-refractivity contribution is -0.140. The summed E-state index contributed by atoms with van der Waals surface area (Å²) < 4.78 is 0. The highest BCUT2D eigenvalue weighted by atomic mass is 16.2. The van der Waals surface area contributed by atoms with Crippen LogP contribution >= 0.6 is 0 Å². The molecule has 2 fully saturated rings. The predicted octanol–water partition coefficient (Wildman–Crippen LogP) is 2.90. The Kier molecular flexibility index (Phi) is 4.30. The number of rotatable bonds is 3. The van der Waals surface area contributed by atoms with Crippen molar-refractivity contribution in [1.29, 1.82) is 0 Å². The predicted molar refractivity (Wildman–Crippen MR) is 96.7 cm³/mol. The van der Waals surface area contributed by atoms with E-state index < -0.39 is 0 Å². The summed E-state index contributed by atoms with van der Waals surface area (Å²) in [6.45, 7) is 4.25. The lowest BCUT2D eigenvalue weighted by Crippen LogP contribution is -2.54. The number of benzene rings is 1. The third kappa shape index (κ3) is 3.07. The monoisotopic (exact) mass is 340 g/mol. The van der Waals surface area contributed by atoms with Crippen LogP contribution in [0.25, 0.3) is 0 Å². The lowest BCUT2D eigenvalue weighted by atomic mass is 9.83. The molecule has 25 heavy (non-hydrogen) atoms. The quantitative estimate of drug-likeness (QED) is 0.920. The van der Waals surface area contributed by atoms with E-state index in [1.807, 2.05) is 12.1 Å². The molecule has 4 heteroatoms. The van der Waals surface area contributed by atoms with Crippen LogP contribution in [0.15, 0.2) is 24.3 Å². The second-order valence-electron chi connectivity index (χ2n) is 8.27. The molecule has 134 valence electrons. The highest BCUT2D eigenvalue weighted by molar-refractivity contribution is 5.88. The molecule has 0 saturated heterocycles. The fourth-order valence-electron chi connectivity index (χ4n) is 5.42. The third-order valence-corrected chi connectivity index (χ3v) is 6.76. The highest BCUT2D eigenvalue weighted by Crippen LogP contribution is 2.49. The zero-order valence-corrected chi connectivity index (χ0v) is 15.2. The van der Waals surface area contributed by atoms with Gasteiger partial charge in [0.05, 0.1) is 0 Å². The van der Waals surface area contributed by atoms with Gasteiger partial charge in [0.25, 0.3) is 0 Å². The van der Waals surface area contributed by atoms with Gasteiger partial charge in [0, 0.05) is 25.9 Å². The molecule has 0 radical (unpaired) electrons. The van der Waals surface area contributed by atoms with Crippen molar-refractivity contribution in [2.24, 2.45) is 17.8 Å². The van der Waals surface area contributed by atoms with E-state index in [2.05, 4.69) is 24.4 Å². The maximum absolute atomic E-state index is 13.0. The fourth-order valence-corrected chi connectivity index (χ4v) is 5.42. The summed E-state index contributed by atoms with van der Waals surface area (Å²) in [6.07, 6.45) is 5.92. The van der Waals surface area contributed by atoms with Crippen molar-refractivity contribution in [3.8, 4) is 0 Å². The van der Waals surface area contributed by atoms with Gasteiger partial charge in [0.2, 0.25) is 11.8 Å². The van der Waals surface area contributed by atoms with Gasteiger partial charge in [-0.15, -0.1) is 0 Å². The molecule has 0 unspecified atom stereocenters. The van der Waals surface area contributed by atoms with E-state index >= 15 is 0 Å². The first-order chi connectivity index (χ1) is 12.0. The Balaban J connectivity index is 1.47. The van der Waals surface area contributed by atoms with Gasteiger partial charge in [-0.05, 0) is 55.1 Å². The number of amides is 2. The molecule has 5 atom stereocenters. The molecule has 4 nitrogen and oxygen atoms in total. The zero-order valence-electron chi connectivity index (χ0n) is 15.2. The number of hydrogen-bond donors (Lipinski definition) is 1. The maximum atomic E-state index is 13.0. The molecule has 1 aromatic carbocycles. The van der Waals surface area contributed by atoms with E-state index in [4.69, 9.17) is 0 Å². The number of hydrogen-bond acceptors (Lipinski definition) is 2. The first-order valence-electron chi connectivity index (χ1n) is 9.67. The van der Waals surface area contributed by atoms with E-state index in [1.54, 1.807) is 11.8 Å². The minimum absolute atomic E-state index is 0.0139. The van der Waals surface area contributed by atoms with Gasteiger partial charge < -0.3 is 10.2 Å². The normalized spacial score (nSPS) is 31.5. The molecule has 1 aromatic rings. The Morgan fingerprint density at radius 2 is 1.92 bits per heavy atom. The van der Waals surface area contributed by atoms with E-state index in [0.29, 0.717) is 18.9 Å². The second kappa shape index (κ2) is 6.47. The summed E-state index contributed by atoms with van der Waals surface area (Å²) >= 11 is 0. The molecule has 0 spiro atoms. The summed E-state index contributed by atoms with van der Waals surface area (Å²) in [4.78, 5) is 26.8. The smallest absolute Gasteiger partial charge is 0.243 e. The molecule has 1 aliphatic heterocycles. The molecule has 2 aliphatic carbocycles. The van der Waals surface area contributed by atoms with E-state index in [9.17, 15) is 9.59 Å². The van der Waals surface area contributed by atoms with Gasteiger partial charge in [-0.2, -0.15) is 0 Å². The largest absolute Gasteiger partial charge is 0.352 e. The SMILES string of the molecule is CC(=O)N1Cc2ccccc2C[C@@H]1C(=O)N[C@H](C)[C@@H]1C[C@H]2CC[C@H]1C2. The topological polar surface area (TPSA) is 49.4 Å². The number of carbonyl (C=O) groups is 2. The van der Waals surface area contributed by atoms with Crippen LogP contribution in [0.3, 0.4) is 0 Å². The van der Waals surface area contributed by atoms with Crippen molar-refractivity contribution in [2.45, 2.75) is 64.6 Å². The van der Waals surface area contributed by atoms with Crippen molar-refractivity contribution in [1.82, 2.24) is 10.2 Å². The van der Waals surface area contributed by atoms with Crippen LogP contribution in [-0.2, 0) is 22.6 Å². The molecule has 1 N–H and O–H groups in total. The zero-order chi connectivity index (χ0) is 17.6. The van der Waals surface area contributed by atoms with Crippen molar-refractivity contribution >= 4 is 11.8 Å². The Labute approximate surface area is 150 Å². The van der Waals surface area contributed by atoms with Crippen LogP contribution in [-0.4, -0.2) is 28.8 Å². The van der Waals surface area contributed by atoms with Gasteiger partial charge in [-0.25, -0.2) is 0 Å². The molecule has 2 saturated carbocycles. The summed E-state index contributed by atoms with van der Waals surface area (Å²) in [6, 6.07) is 7.95. The van der Waals surface area contributed by atoms with Crippen molar-refractivity contribution in [2.75, 3.05) is 0 Å². The minimum atomic E-state index is -0.381. The Morgan fingerprint density at radius 3 is 2.56 bits per heavy atom.